The van der Waals surface area contributed by atoms with Gasteiger partial charge in [-0.2, -0.15) is 0 Å². The predicted octanol–water partition coefficient (Wildman–Crippen LogP) is 4.38. The van der Waals surface area contributed by atoms with E-state index in [-0.39, 0.29) is 0 Å². The number of ether oxygens (including phenoxy) is 1. The number of nitrogens with zero attached hydrogens (tertiary/aromatic N) is 4. The molecule has 0 aliphatic heterocycles. The average Bonchev–Trinajstić information content (AvgIpc) is 2.77. The first-order valence-corrected chi connectivity index (χ1v) is 9.41. The van der Waals surface area contributed by atoms with Crippen molar-refractivity contribution in [3.8, 4) is 17.0 Å². The molecule has 0 saturated carbocycles. The molecule has 2 aromatic heterocycles. The fraction of sp³-hybridized carbons (Fsp3) is 0.174. The van der Waals surface area contributed by atoms with Gasteiger partial charge in [0.2, 0.25) is 0 Å². The lowest BCUT2D eigenvalue weighted by atomic mass is 10.0. The summed E-state index contributed by atoms with van der Waals surface area (Å²) in [6, 6.07) is 20.1. The van der Waals surface area contributed by atoms with Crippen molar-refractivity contribution in [3.63, 3.8) is 0 Å². The molecular formula is C23H23N5O. The zero-order valence-corrected chi connectivity index (χ0v) is 16.8. The molecule has 0 saturated heterocycles. The topological polar surface area (TPSA) is 63.2 Å². The van der Waals surface area contributed by atoms with Gasteiger partial charge in [0.15, 0.2) is 5.82 Å². The van der Waals surface area contributed by atoms with Crippen LogP contribution in [0.15, 0.2) is 66.9 Å². The number of nitrogens with one attached hydrogen (secondary N) is 1. The summed E-state index contributed by atoms with van der Waals surface area (Å²) < 4.78 is 5.26. The Hall–Kier alpha value is -3.67. The Morgan fingerprint density at radius 2 is 1.69 bits per heavy atom. The summed E-state index contributed by atoms with van der Waals surface area (Å²) in [6.07, 6.45) is 1.82. The standard InChI is InChI=1S/C23H23N5O/c1-28(2)21-14-16(12-13-24-21)15-25-23-20-7-5-4-6-19(20)22(26-27-23)17-8-10-18(29-3)11-9-17/h4-14H,15H2,1-3H3,(H,25,27). The van der Waals surface area contributed by atoms with Gasteiger partial charge in [-0.3, -0.25) is 0 Å². The van der Waals surface area contributed by atoms with Gasteiger partial charge in [-0.25, -0.2) is 4.98 Å². The molecule has 6 heteroatoms. The number of hydrogen-bond acceptors (Lipinski definition) is 6. The SMILES string of the molecule is COc1ccc(-c2nnc(NCc3ccnc(N(C)C)c3)c3ccccc23)cc1. The zero-order valence-electron chi connectivity index (χ0n) is 16.8. The van der Waals surface area contributed by atoms with Crippen molar-refractivity contribution in [1.82, 2.24) is 15.2 Å². The number of rotatable bonds is 6. The van der Waals surface area contributed by atoms with E-state index in [0.717, 1.165) is 45.0 Å². The molecule has 0 unspecified atom stereocenters. The predicted molar refractivity (Wildman–Crippen MR) is 117 cm³/mol. The van der Waals surface area contributed by atoms with Crippen LogP contribution in [0.3, 0.4) is 0 Å². The Morgan fingerprint density at radius 3 is 2.41 bits per heavy atom. The lowest BCUT2D eigenvalue weighted by Crippen LogP contribution is -2.11. The fourth-order valence-corrected chi connectivity index (χ4v) is 3.20. The smallest absolute Gasteiger partial charge is 0.156 e. The van der Waals surface area contributed by atoms with E-state index < -0.39 is 0 Å². The molecule has 29 heavy (non-hydrogen) atoms. The molecular weight excluding hydrogens is 362 g/mol. The molecule has 6 nitrogen and oxygen atoms in total. The van der Waals surface area contributed by atoms with Crippen LogP contribution >= 0.6 is 0 Å². The first kappa shape index (κ1) is 18.7. The molecule has 2 heterocycles. The quantitative estimate of drug-likeness (QED) is 0.531. The van der Waals surface area contributed by atoms with Crippen LogP contribution in [0.5, 0.6) is 5.75 Å². The van der Waals surface area contributed by atoms with Gasteiger partial charge in [0, 0.05) is 43.2 Å². The average molecular weight is 385 g/mol. The second kappa shape index (κ2) is 8.14. The molecule has 0 atom stereocenters. The third kappa shape index (κ3) is 3.96. The van der Waals surface area contributed by atoms with Crippen molar-refractivity contribution >= 4 is 22.4 Å². The minimum atomic E-state index is 0.643. The number of fused-ring (bicyclic) bond motifs is 1. The summed E-state index contributed by atoms with van der Waals surface area (Å²) >= 11 is 0. The van der Waals surface area contributed by atoms with Gasteiger partial charge >= 0.3 is 0 Å². The van der Waals surface area contributed by atoms with Crippen molar-refractivity contribution in [2.45, 2.75) is 6.54 Å². The Bertz CT molecular complexity index is 1130. The molecule has 1 N–H and O–H groups in total. The highest BCUT2D eigenvalue weighted by Gasteiger charge is 2.11. The van der Waals surface area contributed by atoms with Crippen LogP contribution in [0, 0.1) is 0 Å². The Kier molecular flexibility index (Phi) is 5.24. The lowest BCUT2D eigenvalue weighted by Gasteiger charge is -2.14. The lowest BCUT2D eigenvalue weighted by molar-refractivity contribution is 0.415. The Morgan fingerprint density at radius 1 is 0.931 bits per heavy atom. The molecule has 0 bridgehead atoms. The van der Waals surface area contributed by atoms with Crippen molar-refractivity contribution < 1.29 is 4.74 Å². The highest BCUT2D eigenvalue weighted by molar-refractivity contribution is 6.00. The van der Waals surface area contributed by atoms with Crippen LogP contribution in [0.2, 0.25) is 0 Å². The number of hydrogen-bond donors (Lipinski definition) is 1. The molecule has 2 aromatic carbocycles. The van der Waals surface area contributed by atoms with Gasteiger partial charge in [0.25, 0.3) is 0 Å². The Labute approximate surface area is 170 Å². The first-order chi connectivity index (χ1) is 14.2. The van der Waals surface area contributed by atoms with Gasteiger partial charge in [-0.1, -0.05) is 24.3 Å². The molecule has 0 spiro atoms. The van der Waals surface area contributed by atoms with Crippen molar-refractivity contribution in [2.75, 3.05) is 31.4 Å². The van der Waals surface area contributed by atoms with E-state index >= 15 is 0 Å². The van der Waals surface area contributed by atoms with Crippen molar-refractivity contribution in [3.05, 3.63) is 72.4 Å². The fourth-order valence-electron chi connectivity index (χ4n) is 3.20. The molecule has 0 radical (unpaired) electrons. The minimum absolute atomic E-state index is 0.643. The van der Waals surface area contributed by atoms with Crippen LogP contribution in [0.4, 0.5) is 11.6 Å². The normalized spacial score (nSPS) is 10.7. The molecule has 0 aliphatic rings. The first-order valence-electron chi connectivity index (χ1n) is 9.41. The summed E-state index contributed by atoms with van der Waals surface area (Å²) in [7, 11) is 5.63. The monoisotopic (exact) mass is 385 g/mol. The molecule has 0 fully saturated rings. The maximum atomic E-state index is 5.26. The summed E-state index contributed by atoms with van der Waals surface area (Å²) in [5.74, 6) is 2.51. The summed E-state index contributed by atoms with van der Waals surface area (Å²) in [5.41, 5.74) is 2.99. The summed E-state index contributed by atoms with van der Waals surface area (Å²) in [4.78, 5) is 6.35. The number of pyridine rings is 1. The molecule has 4 rings (SSSR count). The number of anilines is 2. The number of methoxy groups -OCH3 is 1. The second-order valence-corrected chi connectivity index (χ2v) is 6.94. The second-order valence-electron chi connectivity index (χ2n) is 6.94. The third-order valence-electron chi connectivity index (χ3n) is 4.78. The highest BCUT2D eigenvalue weighted by Crippen LogP contribution is 2.30. The molecule has 146 valence electrons. The van der Waals surface area contributed by atoms with E-state index in [1.807, 2.05) is 67.7 Å². The van der Waals surface area contributed by atoms with Crippen LogP contribution in [0.1, 0.15) is 5.56 Å². The molecule has 0 aliphatic carbocycles. The maximum Gasteiger partial charge on any atom is 0.156 e. The van der Waals surface area contributed by atoms with Gasteiger partial charge in [0.05, 0.1) is 7.11 Å². The van der Waals surface area contributed by atoms with Crippen LogP contribution in [0.25, 0.3) is 22.0 Å². The van der Waals surface area contributed by atoms with E-state index in [2.05, 4.69) is 38.7 Å². The van der Waals surface area contributed by atoms with Crippen molar-refractivity contribution in [1.29, 1.82) is 0 Å². The minimum Gasteiger partial charge on any atom is -0.497 e. The summed E-state index contributed by atoms with van der Waals surface area (Å²) in [6.45, 7) is 0.643. The van der Waals surface area contributed by atoms with E-state index in [1.165, 1.54) is 0 Å². The summed E-state index contributed by atoms with van der Waals surface area (Å²) in [5, 5.41) is 14.5. The van der Waals surface area contributed by atoms with Crippen LogP contribution in [-0.2, 0) is 6.54 Å². The number of aromatic nitrogens is 3. The van der Waals surface area contributed by atoms with Crippen molar-refractivity contribution in [2.24, 2.45) is 0 Å². The maximum absolute atomic E-state index is 5.26. The third-order valence-corrected chi connectivity index (χ3v) is 4.78. The van der Waals surface area contributed by atoms with E-state index in [4.69, 9.17) is 4.74 Å². The van der Waals surface area contributed by atoms with Crippen LogP contribution in [-0.4, -0.2) is 36.4 Å². The zero-order chi connectivity index (χ0) is 20.2. The highest BCUT2D eigenvalue weighted by atomic mass is 16.5. The molecule has 0 amide bonds. The van der Waals surface area contributed by atoms with Crippen LogP contribution < -0.4 is 15.0 Å². The van der Waals surface area contributed by atoms with Gasteiger partial charge in [0.1, 0.15) is 17.3 Å². The van der Waals surface area contributed by atoms with E-state index in [0.29, 0.717) is 6.54 Å². The molecule has 4 aromatic rings. The van der Waals surface area contributed by atoms with Gasteiger partial charge in [-0.15, -0.1) is 10.2 Å². The number of benzene rings is 2. The Balaban J connectivity index is 1.65. The van der Waals surface area contributed by atoms with E-state index in [9.17, 15) is 0 Å². The van der Waals surface area contributed by atoms with Gasteiger partial charge in [-0.05, 0) is 42.0 Å². The largest absolute Gasteiger partial charge is 0.497 e. The van der Waals surface area contributed by atoms with E-state index in [1.54, 1.807) is 7.11 Å². The van der Waals surface area contributed by atoms with Gasteiger partial charge < -0.3 is 15.0 Å².